The van der Waals surface area contributed by atoms with Gasteiger partial charge in [-0.15, -0.1) is 0 Å². The Labute approximate surface area is 176 Å². The molecule has 3 aromatic rings. The third-order valence-corrected chi connectivity index (χ3v) is 4.76. The number of rotatable bonds is 6. The van der Waals surface area contributed by atoms with Crippen molar-refractivity contribution in [3.8, 4) is 17.2 Å². The second-order valence-corrected chi connectivity index (χ2v) is 6.93. The van der Waals surface area contributed by atoms with Gasteiger partial charge in [0.2, 0.25) is 0 Å². The van der Waals surface area contributed by atoms with E-state index in [-0.39, 0.29) is 5.91 Å². The highest BCUT2D eigenvalue weighted by molar-refractivity contribution is 5.99. The van der Waals surface area contributed by atoms with Crippen LogP contribution < -0.4 is 0 Å². The van der Waals surface area contributed by atoms with Crippen molar-refractivity contribution in [3.63, 3.8) is 0 Å². The summed E-state index contributed by atoms with van der Waals surface area (Å²) < 4.78 is 5.48. The van der Waals surface area contributed by atoms with E-state index in [9.17, 15) is 14.9 Å². The maximum Gasteiger partial charge on any atom is 0.339 e. The second-order valence-electron chi connectivity index (χ2n) is 6.93. The zero-order valence-corrected chi connectivity index (χ0v) is 16.9. The SMILES string of the molecule is C[C@@H](OC(=O)c1ccccc1-c1ccccc1C#N)C(=O)N(C)Cc1ccccc1. The molecule has 0 unspecified atom stereocenters. The minimum Gasteiger partial charge on any atom is -0.449 e. The minimum absolute atomic E-state index is 0.290. The molecular weight excluding hydrogens is 376 g/mol. The Bertz CT molecular complexity index is 1090. The first-order valence-electron chi connectivity index (χ1n) is 9.59. The predicted molar refractivity (Wildman–Crippen MR) is 114 cm³/mol. The average Bonchev–Trinajstić information content (AvgIpc) is 2.79. The van der Waals surface area contributed by atoms with Gasteiger partial charge in [0.15, 0.2) is 6.10 Å². The number of carbonyl (C=O) groups excluding carboxylic acids is 2. The smallest absolute Gasteiger partial charge is 0.339 e. The lowest BCUT2D eigenvalue weighted by atomic mass is 9.96. The molecule has 0 radical (unpaired) electrons. The molecular formula is C25H22N2O3. The Hall–Kier alpha value is -3.91. The molecule has 0 aliphatic rings. The van der Waals surface area contributed by atoms with Gasteiger partial charge in [-0.2, -0.15) is 5.26 Å². The molecule has 0 aliphatic heterocycles. The summed E-state index contributed by atoms with van der Waals surface area (Å²) in [5.41, 5.74) is 3.00. The Morgan fingerprint density at radius 3 is 2.23 bits per heavy atom. The highest BCUT2D eigenvalue weighted by Crippen LogP contribution is 2.27. The van der Waals surface area contributed by atoms with Crippen molar-refractivity contribution in [2.45, 2.75) is 19.6 Å². The fourth-order valence-corrected chi connectivity index (χ4v) is 3.23. The number of hydrogen-bond acceptors (Lipinski definition) is 4. The van der Waals surface area contributed by atoms with Crippen molar-refractivity contribution in [3.05, 3.63) is 95.6 Å². The van der Waals surface area contributed by atoms with Gasteiger partial charge in [-0.25, -0.2) is 4.79 Å². The van der Waals surface area contributed by atoms with E-state index < -0.39 is 12.1 Å². The maximum absolute atomic E-state index is 12.9. The predicted octanol–water partition coefficient (Wildman–Crippen LogP) is 4.43. The van der Waals surface area contributed by atoms with Crippen LogP contribution in [0.15, 0.2) is 78.9 Å². The topological polar surface area (TPSA) is 70.4 Å². The van der Waals surface area contributed by atoms with Crippen LogP contribution in [-0.2, 0) is 16.1 Å². The van der Waals surface area contributed by atoms with Gasteiger partial charge in [0.05, 0.1) is 17.2 Å². The highest BCUT2D eigenvalue weighted by Gasteiger charge is 2.24. The number of likely N-dealkylation sites (N-methyl/N-ethyl adjacent to an activating group) is 1. The fraction of sp³-hybridized carbons (Fsp3) is 0.160. The number of amides is 1. The number of ether oxygens (including phenoxy) is 1. The summed E-state index contributed by atoms with van der Waals surface area (Å²) in [6, 6.07) is 25.7. The van der Waals surface area contributed by atoms with Gasteiger partial charge in [0.25, 0.3) is 5.91 Å². The van der Waals surface area contributed by atoms with E-state index in [0.717, 1.165) is 5.56 Å². The van der Waals surface area contributed by atoms with Gasteiger partial charge in [-0.3, -0.25) is 4.79 Å². The summed E-state index contributed by atoms with van der Waals surface area (Å²) in [6.07, 6.45) is -0.939. The van der Waals surface area contributed by atoms with E-state index in [0.29, 0.717) is 28.8 Å². The molecule has 0 N–H and O–H groups in total. The van der Waals surface area contributed by atoms with E-state index >= 15 is 0 Å². The summed E-state index contributed by atoms with van der Waals surface area (Å²) in [4.78, 5) is 27.1. The van der Waals surface area contributed by atoms with Crippen LogP contribution in [0.3, 0.4) is 0 Å². The van der Waals surface area contributed by atoms with Crippen LogP contribution in [0.4, 0.5) is 0 Å². The van der Waals surface area contributed by atoms with Crippen molar-refractivity contribution in [2.24, 2.45) is 0 Å². The van der Waals surface area contributed by atoms with Crippen LogP contribution in [0.2, 0.25) is 0 Å². The molecule has 0 aliphatic carbocycles. The van der Waals surface area contributed by atoms with Crippen LogP contribution in [0.5, 0.6) is 0 Å². The Morgan fingerprint density at radius 1 is 0.933 bits per heavy atom. The van der Waals surface area contributed by atoms with Crippen LogP contribution in [-0.4, -0.2) is 29.9 Å². The number of nitrogens with zero attached hydrogens (tertiary/aromatic N) is 2. The molecule has 0 bridgehead atoms. The first-order valence-corrected chi connectivity index (χ1v) is 9.59. The molecule has 150 valence electrons. The fourth-order valence-electron chi connectivity index (χ4n) is 3.23. The first-order chi connectivity index (χ1) is 14.5. The average molecular weight is 398 g/mol. The number of esters is 1. The maximum atomic E-state index is 12.9. The lowest BCUT2D eigenvalue weighted by Crippen LogP contribution is -2.37. The monoisotopic (exact) mass is 398 g/mol. The van der Waals surface area contributed by atoms with Crippen molar-refractivity contribution < 1.29 is 14.3 Å². The van der Waals surface area contributed by atoms with Crippen LogP contribution in [0.25, 0.3) is 11.1 Å². The molecule has 0 fully saturated rings. The van der Waals surface area contributed by atoms with E-state index in [4.69, 9.17) is 4.74 Å². The third kappa shape index (κ3) is 4.73. The molecule has 1 amide bonds. The van der Waals surface area contributed by atoms with Gasteiger partial charge in [0.1, 0.15) is 0 Å². The van der Waals surface area contributed by atoms with Crippen LogP contribution in [0.1, 0.15) is 28.4 Å². The Balaban J connectivity index is 1.76. The van der Waals surface area contributed by atoms with Crippen molar-refractivity contribution in [1.82, 2.24) is 4.90 Å². The molecule has 5 heteroatoms. The molecule has 0 saturated heterocycles. The highest BCUT2D eigenvalue weighted by atomic mass is 16.5. The molecule has 3 aromatic carbocycles. The van der Waals surface area contributed by atoms with E-state index in [1.165, 1.54) is 4.90 Å². The summed E-state index contributed by atoms with van der Waals surface area (Å²) in [6.45, 7) is 1.99. The van der Waals surface area contributed by atoms with Gasteiger partial charge in [0, 0.05) is 19.2 Å². The van der Waals surface area contributed by atoms with Gasteiger partial charge >= 0.3 is 5.97 Å². The number of hydrogen-bond donors (Lipinski definition) is 0. The van der Waals surface area contributed by atoms with Gasteiger partial charge < -0.3 is 9.64 Å². The number of nitriles is 1. The molecule has 30 heavy (non-hydrogen) atoms. The molecule has 0 aromatic heterocycles. The molecule has 1 atom stereocenters. The summed E-state index contributed by atoms with van der Waals surface area (Å²) >= 11 is 0. The summed E-state index contributed by atoms with van der Waals surface area (Å²) in [5, 5.41) is 9.39. The lowest BCUT2D eigenvalue weighted by Gasteiger charge is -2.22. The van der Waals surface area contributed by atoms with Crippen LogP contribution in [0, 0.1) is 11.3 Å². The quantitative estimate of drug-likeness (QED) is 0.576. The first kappa shape index (κ1) is 20.8. The third-order valence-electron chi connectivity index (χ3n) is 4.76. The normalized spacial score (nSPS) is 11.2. The molecule has 0 heterocycles. The summed E-state index contributed by atoms with van der Waals surface area (Å²) in [7, 11) is 1.68. The van der Waals surface area contributed by atoms with Gasteiger partial charge in [-0.1, -0.05) is 66.7 Å². The van der Waals surface area contributed by atoms with Crippen LogP contribution >= 0.6 is 0 Å². The van der Waals surface area contributed by atoms with Crippen molar-refractivity contribution in [2.75, 3.05) is 7.05 Å². The zero-order valence-electron chi connectivity index (χ0n) is 16.9. The van der Waals surface area contributed by atoms with Crippen molar-refractivity contribution in [1.29, 1.82) is 5.26 Å². The van der Waals surface area contributed by atoms with Gasteiger partial charge in [-0.05, 0) is 30.2 Å². The summed E-state index contributed by atoms with van der Waals surface area (Å²) in [5.74, 6) is -0.894. The minimum atomic E-state index is -0.939. The Morgan fingerprint density at radius 2 is 1.53 bits per heavy atom. The number of benzene rings is 3. The van der Waals surface area contributed by atoms with E-state index in [2.05, 4.69) is 6.07 Å². The number of carbonyl (C=O) groups is 2. The largest absolute Gasteiger partial charge is 0.449 e. The molecule has 0 saturated carbocycles. The lowest BCUT2D eigenvalue weighted by molar-refractivity contribution is -0.139. The van der Waals surface area contributed by atoms with E-state index in [1.807, 2.05) is 36.4 Å². The van der Waals surface area contributed by atoms with E-state index in [1.54, 1.807) is 56.4 Å². The standard InChI is InChI=1S/C25H22N2O3/c1-18(24(28)27(2)17-19-10-4-3-5-11-19)30-25(29)23-15-9-8-14-22(23)21-13-7-6-12-20(21)16-26/h3-15,18H,17H2,1-2H3/t18-/m1/s1. The second kappa shape index (κ2) is 9.53. The molecule has 3 rings (SSSR count). The zero-order chi connectivity index (χ0) is 21.5. The Kier molecular flexibility index (Phi) is 6.61. The molecule has 0 spiro atoms. The van der Waals surface area contributed by atoms with Crippen molar-refractivity contribution >= 4 is 11.9 Å². The molecule has 5 nitrogen and oxygen atoms in total.